The van der Waals surface area contributed by atoms with E-state index in [1.807, 2.05) is 20.8 Å². The zero-order chi connectivity index (χ0) is 15.2. The van der Waals surface area contributed by atoms with Crippen molar-refractivity contribution >= 4 is 6.09 Å². The summed E-state index contributed by atoms with van der Waals surface area (Å²) < 4.78 is 5.22. The molecule has 0 radical (unpaired) electrons. The van der Waals surface area contributed by atoms with E-state index in [1.54, 1.807) is 12.4 Å². The topological polar surface area (TPSA) is 79.0 Å². The lowest BCUT2D eigenvalue weighted by atomic mass is 10.0. The number of carbonyl (C=O) groups excluding carboxylic acids is 1. The first-order chi connectivity index (χ1) is 9.28. The summed E-state index contributed by atoms with van der Waals surface area (Å²) in [5.41, 5.74) is -0.473. The van der Waals surface area contributed by atoms with Crippen LogP contribution in [0.3, 0.4) is 0 Å². The smallest absolute Gasteiger partial charge is 0.407 e. The van der Waals surface area contributed by atoms with Crippen molar-refractivity contribution in [2.75, 3.05) is 6.54 Å². The molecule has 1 heterocycles. The van der Waals surface area contributed by atoms with E-state index in [0.717, 1.165) is 5.82 Å². The summed E-state index contributed by atoms with van der Waals surface area (Å²) in [5, 5.41) is 6.17. The van der Waals surface area contributed by atoms with Crippen LogP contribution in [0.15, 0.2) is 12.4 Å². The third-order valence-electron chi connectivity index (χ3n) is 2.76. The van der Waals surface area contributed by atoms with Crippen LogP contribution in [0.5, 0.6) is 0 Å². The molecule has 0 spiro atoms. The summed E-state index contributed by atoms with van der Waals surface area (Å²) in [4.78, 5) is 18.8. The van der Waals surface area contributed by atoms with E-state index in [4.69, 9.17) is 4.74 Å². The number of ether oxygens (including phenoxy) is 1. The van der Waals surface area contributed by atoms with Crippen LogP contribution in [-0.4, -0.2) is 34.2 Å². The van der Waals surface area contributed by atoms with Gasteiger partial charge < -0.3 is 20.4 Å². The summed E-state index contributed by atoms with van der Waals surface area (Å²) in [5.74, 6) is 1.27. The Labute approximate surface area is 120 Å². The van der Waals surface area contributed by atoms with E-state index >= 15 is 0 Å². The highest BCUT2D eigenvalue weighted by molar-refractivity contribution is 5.67. The highest BCUT2D eigenvalue weighted by atomic mass is 16.6. The molecule has 1 amide bonds. The van der Waals surface area contributed by atoms with Gasteiger partial charge in [-0.3, -0.25) is 0 Å². The van der Waals surface area contributed by atoms with Gasteiger partial charge in [0, 0.05) is 25.0 Å². The van der Waals surface area contributed by atoms with Gasteiger partial charge in [-0.1, -0.05) is 13.8 Å². The number of aromatic amines is 1. The quantitative estimate of drug-likeness (QED) is 0.746. The van der Waals surface area contributed by atoms with E-state index in [-0.39, 0.29) is 12.1 Å². The molecule has 1 atom stereocenters. The van der Waals surface area contributed by atoms with E-state index in [2.05, 4.69) is 34.4 Å². The van der Waals surface area contributed by atoms with Crippen molar-refractivity contribution in [1.29, 1.82) is 0 Å². The number of hydrogen-bond acceptors (Lipinski definition) is 4. The lowest BCUT2D eigenvalue weighted by molar-refractivity contribution is 0.0519. The van der Waals surface area contributed by atoms with Crippen LogP contribution in [0.2, 0.25) is 0 Å². The first kappa shape index (κ1) is 16.5. The van der Waals surface area contributed by atoms with Crippen LogP contribution >= 0.6 is 0 Å². The van der Waals surface area contributed by atoms with Gasteiger partial charge in [0.1, 0.15) is 11.4 Å². The second-order valence-corrected chi connectivity index (χ2v) is 6.15. The average Bonchev–Trinajstić information content (AvgIpc) is 2.78. The maximum Gasteiger partial charge on any atom is 0.407 e. The van der Waals surface area contributed by atoms with Gasteiger partial charge in [-0.15, -0.1) is 0 Å². The zero-order valence-electron chi connectivity index (χ0n) is 13.0. The summed E-state index contributed by atoms with van der Waals surface area (Å²) in [6.45, 7) is 10.9. The summed E-state index contributed by atoms with van der Waals surface area (Å²) in [6.07, 6.45) is 3.13. The zero-order valence-corrected chi connectivity index (χ0v) is 13.0. The minimum atomic E-state index is -0.473. The Morgan fingerprint density at radius 1 is 1.45 bits per heavy atom. The molecule has 20 heavy (non-hydrogen) atoms. The first-order valence-corrected chi connectivity index (χ1v) is 6.96. The van der Waals surface area contributed by atoms with Crippen molar-refractivity contribution in [3.05, 3.63) is 18.2 Å². The molecule has 0 aromatic carbocycles. The Bertz CT molecular complexity index is 396. The molecule has 1 rings (SSSR count). The highest BCUT2D eigenvalue weighted by Gasteiger charge is 2.18. The molecule has 1 aromatic rings. The molecule has 6 nitrogen and oxygen atoms in total. The molecular weight excluding hydrogens is 256 g/mol. The van der Waals surface area contributed by atoms with E-state index < -0.39 is 5.60 Å². The van der Waals surface area contributed by atoms with Crippen LogP contribution in [0.4, 0.5) is 4.79 Å². The van der Waals surface area contributed by atoms with Crippen LogP contribution in [0.1, 0.15) is 40.4 Å². The minimum absolute atomic E-state index is 0.160. The Balaban J connectivity index is 2.37. The molecule has 0 aliphatic rings. The predicted molar refractivity (Wildman–Crippen MR) is 78.3 cm³/mol. The number of rotatable bonds is 6. The van der Waals surface area contributed by atoms with Crippen LogP contribution in [0, 0.1) is 5.92 Å². The van der Waals surface area contributed by atoms with Crippen molar-refractivity contribution in [2.45, 2.75) is 52.8 Å². The third-order valence-corrected chi connectivity index (χ3v) is 2.76. The maximum atomic E-state index is 11.6. The molecule has 0 aliphatic heterocycles. The minimum Gasteiger partial charge on any atom is -0.444 e. The van der Waals surface area contributed by atoms with Gasteiger partial charge in [0.05, 0.1) is 6.54 Å². The predicted octanol–water partition coefficient (Wildman–Crippen LogP) is 2.05. The Hall–Kier alpha value is -1.56. The van der Waals surface area contributed by atoms with Gasteiger partial charge in [0.15, 0.2) is 0 Å². The fraction of sp³-hybridized carbons (Fsp3) is 0.714. The molecule has 0 bridgehead atoms. The normalized spacial score (nSPS) is 13.3. The van der Waals surface area contributed by atoms with Gasteiger partial charge in [0.2, 0.25) is 0 Å². The van der Waals surface area contributed by atoms with Crippen molar-refractivity contribution in [3.8, 4) is 0 Å². The van der Waals surface area contributed by atoms with Crippen LogP contribution < -0.4 is 10.6 Å². The molecule has 1 aromatic heterocycles. The number of amides is 1. The lowest BCUT2D eigenvalue weighted by Gasteiger charge is -2.24. The van der Waals surface area contributed by atoms with Crippen molar-refractivity contribution < 1.29 is 9.53 Å². The van der Waals surface area contributed by atoms with Crippen molar-refractivity contribution in [3.63, 3.8) is 0 Å². The van der Waals surface area contributed by atoms with Crippen molar-refractivity contribution in [1.82, 2.24) is 20.6 Å². The summed E-state index contributed by atoms with van der Waals surface area (Å²) >= 11 is 0. The highest BCUT2D eigenvalue weighted by Crippen LogP contribution is 2.07. The molecule has 0 saturated carbocycles. The molecule has 3 N–H and O–H groups in total. The standard InChI is InChI=1S/C14H26N4O2/c1-10(2)11(17-9-12-15-6-7-16-12)8-18-13(19)20-14(3,4)5/h6-7,10-11,17H,8-9H2,1-5H3,(H,15,16)(H,18,19). The number of aromatic nitrogens is 2. The molecular formula is C14H26N4O2. The summed E-state index contributed by atoms with van der Waals surface area (Å²) in [6, 6.07) is 0.160. The van der Waals surface area contributed by atoms with Gasteiger partial charge in [0.25, 0.3) is 0 Å². The van der Waals surface area contributed by atoms with Gasteiger partial charge in [-0.05, 0) is 26.7 Å². The second kappa shape index (κ2) is 7.28. The van der Waals surface area contributed by atoms with Gasteiger partial charge in [-0.25, -0.2) is 9.78 Å². The fourth-order valence-corrected chi connectivity index (χ4v) is 1.67. The van der Waals surface area contributed by atoms with Crippen molar-refractivity contribution in [2.24, 2.45) is 5.92 Å². The van der Waals surface area contributed by atoms with E-state index in [9.17, 15) is 4.79 Å². The lowest BCUT2D eigenvalue weighted by Crippen LogP contribution is -2.45. The fourth-order valence-electron chi connectivity index (χ4n) is 1.67. The first-order valence-electron chi connectivity index (χ1n) is 6.96. The monoisotopic (exact) mass is 282 g/mol. The number of alkyl carbamates (subject to hydrolysis) is 1. The number of hydrogen-bond donors (Lipinski definition) is 3. The maximum absolute atomic E-state index is 11.6. The van der Waals surface area contributed by atoms with Gasteiger partial charge in [-0.2, -0.15) is 0 Å². The second-order valence-electron chi connectivity index (χ2n) is 6.15. The molecule has 1 unspecified atom stereocenters. The average molecular weight is 282 g/mol. The Kier molecular flexibility index (Phi) is 6.01. The van der Waals surface area contributed by atoms with E-state index in [1.165, 1.54) is 0 Å². The number of nitrogens with zero attached hydrogens (tertiary/aromatic N) is 1. The number of carbonyl (C=O) groups is 1. The number of H-pyrrole nitrogens is 1. The largest absolute Gasteiger partial charge is 0.444 e. The molecule has 6 heteroatoms. The molecule has 114 valence electrons. The third kappa shape index (κ3) is 6.56. The van der Waals surface area contributed by atoms with Crippen LogP contribution in [0.25, 0.3) is 0 Å². The van der Waals surface area contributed by atoms with E-state index in [0.29, 0.717) is 19.0 Å². The van der Waals surface area contributed by atoms with Crippen LogP contribution in [-0.2, 0) is 11.3 Å². The SMILES string of the molecule is CC(C)C(CNC(=O)OC(C)(C)C)NCc1ncc[nH]1. The summed E-state index contributed by atoms with van der Waals surface area (Å²) in [7, 11) is 0. The number of imidazole rings is 1. The molecule has 0 saturated heterocycles. The number of nitrogens with one attached hydrogen (secondary N) is 3. The Morgan fingerprint density at radius 3 is 2.65 bits per heavy atom. The molecule has 0 aliphatic carbocycles. The Morgan fingerprint density at radius 2 is 2.15 bits per heavy atom. The molecule has 0 fully saturated rings. The van der Waals surface area contributed by atoms with Gasteiger partial charge >= 0.3 is 6.09 Å².